The molecule has 4 nitrogen and oxygen atoms in total. The van der Waals surface area contributed by atoms with E-state index in [0.29, 0.717) is 5.69 Å². The van der Waals surface area contributed by atoms with Gasteiger partial charge in [-0.05, 0) is 43.3 Å². The number of amides is 1. The summed E-state index contributed by atoms with van der Waals surface area (Å²) in [5.41, 5.74) is 0.680. The van der Waals surface area contributed by atoms with E-state index < -0.39 is 0 Å². The highest BCUT2D eigenvalue weighted by molar-refractivity contribution is 7.10. The molecule has 0 bridgehead atoms. The number of thiophene rings is 1. The monoisotopic (exact) mass is 387 g/mol. The van der Waals surface area contributed by atoms with Crippen molar-refractivity contribution in [1.82, 2.24) is 10.2 Å². The summed E-state index contributed by atoms with van der Waals surface area (Å²) in [7, 11) is 0. The molecule has 2 heterocycles. The van der Waals surface area contributed by atoms with Crippen LogP contribution in [0.4, 0.5) is 10.1 Å². The van der Waals surface area contributed by atoms with Crippen LogP contribution in [0.3, 0.4) is 0 Å². The third-order valence-electron chi connectivity index (χ3n) is 5.53. The molecule has 2 atom stereocenters. The lowest BCUT2D eigenvalue weighted by Gasteiger charge is -2.42. The molecule has 0 spiro atoms. The van der Waals surface area contributed by atoms with Crippen molar-refractivity contribution in [2.45, 2.75) is 31.8 Å². The van der Waals surface area contributed by atoms with E-state index in [1.165, 1.54) is 10.9 Å². The molecule has 6 heteroatoms. The normalized spacial score (nSPS) is 20.3. The highest BCUT2D eigenvalue weighted by Gasteiger charge is 2.35. The Morgan fingerprint density at radius 1 is 1.15 bits per heavy atom. The van der Waals surface area contributed by atoms with E-state index in [2.05, 4.69) is 39.6 Å². The van der Waals surface area contributed by atoms with Crippen molar-refractivity contribution in [1.29, 1.82) is 0 Å². The fraction of sp³-hybridized carbons (Fsp3) is 0.476. The summed E-state index contributed by atoms with van der Waals surface area (Å²) in [6.45, 7) is 5.37. The Morgan fingerprint density at radius 3 is 2.52 bits per heavy atom. The molecule has 144 valence electrons. The van der Waals surface area contributed by atoms with Gasteiger partial charge in [0, 0.05) is 43.0 Å². The topological polar surface area (TPSA) is 35.6 Å². The van der Waals surface area contributed by atoms with Crippen LogP contribution in [0.1, 0.15) is 30.7 Å². The van der Waals surface area contributed by atoms with E-state index in [0.717, 1.165) is 39.0 Å². The number of nitrogens with one attached hydrogen (secondary N) is 1. The molecule has 1 aromatic heterocycles. The van der Waals surface area contributed by atoms with Gasteiger partial charge in [-0.2, -0.15) is 0 Å². The van der Waals surface area contributed by atoms with Crippen LogP contribution in [-0.2, 0) is 4.79 Å². The average Bonchev–Trinajstić information content (AvgIpc) is 3.40. The smallest absolute Gasteiger partial charge is 0.223 e. The number of carbonyl (C=O) groups excluding carboxylic acids is 1. The zero-order chi connectivity index (χ0) is 18.8. The summed E-state index contributed by atoms with van der Waals surface area (Å²) >= 11 is 1.74. The first-order valence-corrected chi connectivity index (χ1v) is 10.6. The number of anilines is 1. The van der Waals surface area contributed by atoms with Gasteiger partial charge in [0.1, 0.15) is 5.82 Å². The molecule has 2 aromatic rings. The van der Waals surface area contributed by atoms with Crippen LogP contribution in [0.25, 0.3) is 0 Å². The van der Waals surface area contributed by atoms with Gasteiger partial charge in [-0.1, -0.05) is 18.2 Å². The fourth-order valence-electron chi connectivity index (χ4n) is 3.92. The van der Waals surface area contributed by atoms with E-state index >= 15 is 0 Å². The quantitative estimate of drug-likeness (QED) is 0.822. The number of hydrogen-bond donors (Lipinski definition) is 1. The van der Waals surface area contributed by atoms with Crippen LogP contribution in [0.15, 0.2) is 41.8 Å². The molecule has 2 aliphatic rings. The Hall–Kier alpha value is -1.92. The number of para-hydroxylation sites is 1. The molecule has 2 unspecified atom stereocenters. The minimum atomic E-state index is -0.161. The SMILES string of the molecule is CC(NC(=O)C1CC1)C(c1cccs1)N1CCN(c2ccccc2F)CC1. The second kappa shape index (κ2) is 7.98. The van der Waals surface area contributed by atoms with Crippen molar-refractivity contribution in [3.8, 4) is 0 Å². The van der Waals surface area contributed by atoms with Gasteiger partial charge in [0.15, 0.2) is 0 Å². The third kappa shape index (κ3) is 4.17. The van der Waals surface area contributed by atoms with Crippen molar-refractivity contribution in [3.05, 3.63) is 52.5 Å². The van der Waals surface area contributed by atoms with E-state index in [-0.39, 0.29) is 29.7 Å². The maximum Gasteiger partial charge on any atom is 0.223 e. The van der Waals surface area contributed by atoms with Crippen LogP contribution >= 0.6 is 11.3 Å². The van der Waals surface area contributed by atoms with Gasteiger partial charge in [0.2, 0.25) is 5.91 Å². The summed E-state index contributed by atoms with van der Waals surface area (Å²) in [5, 5.41) is 5.32. The molecule has 2 fully saturated rings. The fourth-order valence-corrected chi connectivity index (χ4v) is 4.88. The second-order valence-corrected chi connectivity index (χ2v) is 8.49. The van der Waals surface area contributed by atoms with Gasteiger partial charge < -0.3 is 10.2 Å². The Kier molecular flexibility index (Phi) is 5.45. The molecular weight excluding hydrogens is 361 g/mol. The summed E-state index contributed by atoms with van der Waals surface area (Å²) in [6.07, 6.45) is 2.03. The van der Waals surface area contributed by atoms with Crippen molar-refractivity contribution < 1.29 is 9.18 Å². The largest absolute Gasteiger partial charge is 0.367 e. The summed E-state index contributed by atoms with van der Waals surface area (Å²) in [4.78, 5) is 18.1. The molecule has 1 aliphatic carbocycles. The number of carbonyl (C=O) groups is 1. The molecule has 27 heavy (non-hydrogen) atoms. The average molecular weight is 388 g/mol. The van der Waals surface area contributed by atoms with Gasteiger partial charge in [0.25, 0.3) is 0 Å². The maximum absolute atomic E-state index is 14.1. The van der Waals surface area contributed by atoms with Gasteiger partial charge >= 0.3 is 0 Å². The van der Waals surface area contributed by atoms with Gasteiger partial charge in [-0.15, -0.1) is 11.3 Å². The lowest BCUT2D eigenvalue weighted by molar-refractivity contribution is -0.123. The molecule has 4 rings (SSSR count). The number of benzene rings is 1. The Balaban J connectivity index is 1.45. The molecule has 0 radical (unpaired) electrons. The number of halogens is 1. The van der Waals surface area contributed by atoms with E-state index in [1.54, 1.807) is 17.4 Å². The zero-order valence-electron chi connectivity index (χ0n) is 15.6. The molecule has 1 aliphatic heterocycles. The van der Waals surface area contributed by atoms with Crippen LogP contribution in [0.2, 0.25) is 0 Å². The van der Waals surface area contributed by atoms with E-state index in [9.17, 15) is 9.18 Å². The van der Waals surface area contributed by atoms with Gasteiger partial charge in [0.05, 0.1) is 11.7 Å². The van der Waals surface area contributed by atoms with E-state index in [1.807, 2.05) is 12.1 Å². The van der Waals surface area contributed by atoms with Crippen molar-refractivity contribution in [3.63, 3.8) is 0 Å². The molecular formula is C21H26FN3OS. The van der Waals surface area contributed by atoms with Crippen LogP contribution in [-0.4, -0.2) is 43.0 Å². The maximum atomic E-state index is 14.1. The Bertz CT molecular complexity index is 769. The van der Waals surface area contributed by atoms with Crippen LogP contribution in [0, 0.1) is 11.7 Å². The predicted molar refractivity (Wildman–Crippen MR) is 108 cm³/mol. The first kappa shape index (κ1) is 18.4. The Morgan fingerprint density at radius 2 is 1.89 bits per heavy atom. The Labute approximate surface area is 164 Å². The molecule has 1 saturated carbocycles. The predicted octanol–water partition coefficient (Wildman–Crippen LogP) is 3.67. The minimum Gasteiger partial charge on any atom is -0.367 e. The number of nitrogens with zero attached hydrogens (tertiary/aromatic N) is 2. The molecule has 1 N–H and O–H groups in total. The standard InChI is InChI=1S/C21H26FN3OS/c1-15(23-21(26)16-8-9-16)20(19-7-4-14-27-19)25-12-10-24(11-13-25)18-6-3-2-5-17(18)22/h2-7,14-16,20H,8-13H2,1H3,(H,23,26). The van der Waals surface area contributed by atoms with Gasteiger partial charge in [-0.25, -0.2) is 4.39 Å². The first-order chi connectivity index (χ1) is 13.1. The molecule has 1 saturated heterocycles. The molecule has 1 amide bonds. The number of hydrogen-bond acceptors (Lipinski definition) is 4. The summed E-state index contributed by atoms with van der Waals surface area (Å²) < 4.78 is 14.1. The minimum absolute atomic E-state index is 0.0526. The second-order valence-electron chi connectivity index (χ2n) is 7.51. The summed E-state index contributed by atoms with van der Waals surface area (Å²) in [5.74, 6) is 0.245. The zero-order valence-corrected chi connectivity index (χ0v) is 16.4. The lowest BCUT2D eigenvalue weighted by atomic mass is 10.0. The first-order valence-electron chi connectivity index (χ1n) is 9.71. The van der Waals surface area contributed by atoms with Crippen molar-refractivity contribution in [2.75, 3.05) is 31.1 Å². The number of piperazine rings is 1. The van der Waals surface area contributed by atoms with Crippen molar-refractivity contribution >= 4 is 22.9 Å². The highest BCUT2D eigenvalue weighted by Crippen LogP contribution is 2.33. The third-order valence-corrected chi connectivity index (χ3v) is 6.47. The van der Waals surface area contributed by atoms with E-state index in [4.69, 9.17) is 0 Å². The molecule has 1 aromatic carbocycles. The van der Waals surface area contributed by atoms with Crippen LogP contribution < -0.4 is 10.2 Å². The highest BCUT2D eigenvalue weighted by atomic mass is 32.1. The van der Waals surface area contributed by atoms with Crippen LogP contribution in [0.5, 0.6) is 0 Å². The van der Waals surface area contributed by atoms with Crippen molar-refractivity contribution in [2.24, 2.45) is 5.92 Å². The summed E-state index contributed by atoms with van der Waals surface area (Å²) in [6, 6.07) is 11.4. The number of rotatable bonds is 6. The van der Waals surface area contributed by atoms with Gasteiger partial charge in [-0.3, -0.25) is 9.69 Å². The lowest BCUT2D eigenvalue weighted by Crippen LogP contribution is -2.52.